The summed E-state index contributed by atoms with van der Waals surface area (Å²) in [6.45, 7) is 13.0. The van der Waals surface area contributed by atoms with Crippen molar-refractivity contribution in [1.82, 2.24) is 20.5 Å². The van der Waals surface area contributed by atoms with Crippen LogP contribution in [0, 0.1) is 0 Å². The summed E-state index contributed by atoms with van der Waals surface area (Å²) in [5.74, 6) is 0.797. The number of aromatic nitrogens is 1. The van der Waals surface area contributed by atoms with Crippen LogP contribution in [0.1, 0.15) is 46.6 Å². The number of hydrogen-bond acceptors (Lipinski definition) is 4. The number of nitrogens with zero attached hydrogens (tertiary/aromatic N) is 3. The predicted molar refractivity (Wildman–Crippen MR) is 105 cm³/mol. The number of amides is 1. The van der Waals surface area contributed by atoms with E-state index in [1.54, 1.807) is 17.3 Å². The molecule has 0 aliphatic carbocycles. The quantitative estimate of drug-likeness (QED) is 0.422. The summed E-state index contributed by atoms with van der Waals surface area (Å²) >= 11 is 0. The van der Waals surface area contributed by atoms with Gasteiger partial charge in [0, 0.05) is 38.6 Å². The standard InChI is InChI=1S/C19H33N5O2/c1-6-21-17(22-7-2)23-12-9-13-24(18(25)26-19(3,4)5)15-16-10-8-11-20-14-16/h8,10-11,14H,6-7,9,12-13,15H2,1-5H3,(H2,21,22,23). The third-order valence-corrected chi connectivity index (χ3v) is 3.29. The molecule has 26 heavy (non-hydrogen) atoms. The largest absolute Gasteiger partial charge is 0.444 e. The normalized spacial score (nSPS) is 10.8. The van der Waals surface area contributed by atoms with Crippen LogP contribution in [0.4, 0.5) is 4.79 Å². The van der Waals surface area contributed by atoms with Crippen molar-refractivity contribution in [3.05, 3.63) is 30.1 Å². The lowest BCUT2D eigenvalue weighted by atomic mass is 10.2. The summed E-state index contributed by atoms with van der Waals surface area (Å²) in [7, 11) is 0. The molecule has 0 aromatic carbocycles. The van der Waals surface area contributed by atoms with Gasteiger partial charge < -0.3 is 20.3 Å². The van der Waals surface area contributed by atoms with Crippen molar-refractivity contribution >= 4 is 12.1 Å². The van der Waals surface area contributed by atoms with Crippen molar-refractivity contribution in [1.29, 1.82) is 0 Å². The fourth-order valence-corrected chi connectivity index (χ4v) is 2.24. The summed E-state index contributed by atoms with van der Waals surface area (Å²) < 4.78 is 5.53. The number of carbonyl (C=O) groups is 1. The van der Waals surface area contributed by atoms with Gasteiger partial charge in [-0.1, -0.05) is 6.07 Å². The molecule has 1 heterocycles. The lowest BCUT2D eigenvalue weighted by Crippen LogP contribution is -2.38. The molecule has 1 amide bonds. The molecule has 1 aromatic rings. The van der Waals surface area contributed by atoms with Gasteiger partial charge in [0.05, 0.1) is 6.54 Å². The molecule has 0 saturated heterocycles. The molecule has 0 unspecified atom stereocenters. The molecule has 7 heteroatoms. The fraction of sp³-hybridized carbons (Fsp3) is 0.632. The summed E-state index contributed by atoms with van der Waals surface area (Å²) in [4.78, 5) is 22.9. The first-order valence-electron chi connectivity index (χ1n) is 9.24. The summed E-state index contributed by atoms with van der Waals surface area (Å²) in [5.41, 5.74) is 0.453. The van der Waals surface area contributed by atoms with Gasteiger partial charge in [0.2, 0.25) is 0 Å². The second kappa shape index (κ2) is 11.3. The van der Waals surface area contributed by atoms with E-state index in [1.165, 1.54) is 0 Å². The van der Waals surface area contributed by atoms with E-state index in [0.717, 1.165) is 31.0 Å². The molecule has 0 radical (unpaired) electrons. The van der Waals surface area contributed by atoms with Gasteiger partial charge in [0.25, 0.3) is 0 Å². The van der Waals surface area contributed by atoms with E-state index in [1.807, 2.05) is 46.8 Å². The van der Waals surface area contributed by atoms with Gasteiger partial charge in [-0.2, -0.15) is 0 Å². The Labute approximate surface area is 157 Å². The second-order valence-electron chi connectivity index (χ2n) is 6.91. The number of rotatable bonds is 8. The van der Waals surface area contributed by atoms with Gasteiger partial charge in [-0.15, -0.1) is 0 Å². The molecule has 146 valence electrons. The number of nitrogens with one attached hydrogen (secondary N) is 2. The molecule has 0 aliphatic heterocycles. The zero-order valence-corrected chi connectivity index (χ0v) is 16.7. The van der Waals surface area contributed by atoms with Crippen molar-refractivity contribution < 1.29 is 9.53 Å². The van der Waals surface area contributed by atoms with Crippen LogP contribution in [-0.4, -0.2) is 53.7 Å². The van der Waals surface area contributed by atoms with Crippen LogP contribution in [-0.2, 0) is 11.3 Å². The third-order valence-electron chi connectivity index (χ3n) is 3.29. The van der Waals surface area contributed by atoms with Crippen molar-refractivity contribution in [3.8, 4) is 0 Å². The van der Waals surface area contributed by atoms with E-state index in [-0.39, 0.29) is 6.09 Å². The van der Waals surface area contributed by atoms with Crippen molar-refractivity contribution in [2.75, 3.05) is 26.2 Å². The summed E-state index contributed by atoms with van der Waals surface area (Å²) in [6.07, 6.45) is 3.92. The number of aliphatic imine (C=N–C) groups is 1. The Morgan fingerprint density at radius 1 is 1.27 bits per heavy atom. The smallest absolute Gasteiger partial charge is 0.410 e. The highest BCUT2D eigenvalue weighted by atomic mass is 16.6. The maximum absolute atomic E-state index is 12.5. The van der Waals surface area contributed by atoms with Gasteiger partial charge in [0.1, 0.15) is 5.60 Å². The zero-order valence-electron chi connectivity index (χ0n) is 16.7. The minimum Gasteiger partial charge on any atom is -0.444 e. The van der Waals surface area contributed by atoms with Crippen molar-refractivity contribution in [2.24, 2.45) is 4.99 Å². The van der Waals surface area contributed by atoms with Gasteiger partial charge in [0.15, 0.2) is 5.96 Å². The van der Waals surface area contributed by atoms with Crippen molar-refractivity contribution in [3.63, 3.8) is 0 Å². The first-order valence-corrected chi connectivity index (χ1v) is 9.24. The van der Waals surface area contributed by atoms with Gasteiger partial charge >= 0.3 is 6.09 Å². The Kier molecular flexibility index (Phi) is 9.47. The molecule has 0 saturated carbocycles. The Morgan fingerprint density at radius 2 is 1.96 bits per heavy atom. The predicted octanol–water partition coefficient (Wildman–Crippen LogP) is 2.78. The minimum atomic E-state index is -0.522. The van der Waals surface area contributed by atoms with E-state index in [9.17, 15) is 4.79 Å². The van der Waals surface area contributed by atoms with Crippen LogP contribution in [0.2, 0.25) is 0 Å². The van der Waals surface area contributed by atoms with E-state index >= 15 is 0 Å². The number of guanidine groups is 1. The monoisotopic (exact) mass is 363 g/mol. The molecule has 7 nitrogen and oxygen atoms in total. The summed E-state index contributed by atoms with van der Waals surface area (Å²) in [6, 6.07) is 3.82. The van der Waals surface area contributed by atoms with Crippen molar-refractivity contribution in [2.45, 2.75) is 53.2 Å². The highest BCUT2D eigenvalue weighted by Crippen LogP contribution is 2.12. The third kappa shape index (κ3) is 9.25. The number of carbonyl (C=O) groups excluding carboxylic acids is 1. The lowest BCUT2D eigenvalue weighted by Gasteiger charge is -2.27. The van der Waals surface area contributed by atoms with Crippen LogP contribution in [0.25, 0.3) is 0 Å². The van der Waals surface area contributed by atoms with Gasteiger partial charge in [-0.25, -0.2) is 4.79 Å². The minimum absolute atomic E-state index is 0.316. The highest BCUT2D eigenvalue weighted by Gasteiger charge is 2.22. The van der Waals surface area contributed by atoms with E-state index in [2.05, 4.69) is 20.6 Å². The maximum Gasteiger partial charge on any atom is 0.410 e. The van der Waals surface area contributed by atoms with E-state index < -0.39 is 5.60 Å². The molecular weight excluding hydrogens is 330 g/mol. The molecule has 0 spiro atoms. The topological polar surface area (TPSA) is 78.9 Å². The molecule has 0 aliphatic rings. The molecule has 1 rings (SSSR count). The average Bonchev–Trinajstić information content (AvgIpc) is 2.57. The first-order chi connectivity index (χ1) is 12.4. The van der Waals surface area contributed by atoms with Gasteiger partial charge in [-0.3, -0.25) is 9.98 Å². The Balaban J connectivity index is 2.66. The lowest BCUT2D eigenvalue weighted by molar-refractivity contribution is 0.0232. The number of pyridine rings is 1. The molecule has 0 atom stereocenters. The summed E-state index contributed by atoms with van der Waals surface area (Å²) in [5, 5.41) is 6.38. The Morgan fingerprint density at radius 3 is 2.50 bits per heavy atom. The van der Waals surface area contributed by atoms with Gasteiger partial charge in [-0.05, 0) is 52.7 Å². The molecular formula is C19H33N5O2. The first kappa shape index (κ1) is 21.7. The SMILES string of the molecule is CCNC(=NCCCN(Cc1cccnc1)C(=O)OC(C)(C)C)NCC. The van der Waals surface area contributed by atoms with Crippen LogP contribution >= 0.6 is 0 Å². The van der Waals surface area contributed by atoms with Crippen LogP contribution < -0.4 is 10.6 Å². The van der Waals surface area contributed by atoms with Crippen LogP contribution in [0.5, 0.6) is 0 Å². The molecule has 1 aromatic heterocycles. The number of hydrogen-bond donors (Lipinski definition) is 2. The van der Waals surface area contributed by atoms with E-state index in [4.69, 9.17) is 4.74 Å². The fourth-order valence-electron chi connectivity index (χ4n) is 2.24. The van der Waals surface area contributed by atoms with Crippen LogP contribution in [0.3, 0.4) is 0 Å². The molecule has 0 fully saturated rings. The second-order valence-corrected chi connectivity index (χ2v) is 6.91. The zero-order chi connectivity index (χ0) is 19.4. The Hall–Kier alpha value is -2.31. The molecule has 2 N–H and O–H groups in total. The molecule has 0 bridgehead atoms. The van der Waals surface area contributed by atoms with E-state index in [0.29, 0.717) is 19.6 Å². The van der Waals surface area contributed by atoms with Crippen LogP contribution in [0.15, 0.2) is 29.5 Å². The number of ether oxygens (including phenoxy) is 1. The maximum atomic E-state index is 12.5. The highest BCUT2D eigenvalue weighted by molar-refractivity contribution is 5.79. The average molecular weight is 364 g/mol. The Bertz CT molecular complexity index is 547.